The van der Waals surface area contributed by atoms with Crippen LogP contribution in [0.4, 0.5) is 5.82 Å². The number of oxime groups is 1. The first-order valence-corrected chi connectivity index (χ1v) is 13.3. The Labute approximate surface area is 218 Å². The van der Waals surface area contributed by atoms with Crippen LogP contribution in [-0.2, 0) is 24.4 Å². The first-order chi connectivity index (χ1) is 17.2. The number of nitrogens with one attached hydrogen (secondary N) is 3. The Morgan fingerprint density at radius 2 is 1.89 bits per heavy atom. The minimum absolute atomic E-state index is 0.104. The van der Waals surface area contributed by atoms with Gasteiger partial charge in [0, 0.05) is 25.7 Å². The van der Waals surface area contributed by atoms with Crippen LogP contribution in [0.2, 0.25) is 10.0 Å². The molecule has 1 amide bonds. The molecule has 1 aromatic carbocycles. The maximum Gasteiger partial charge on any atom is 0.323 e. The van der Waals surface area contributed by atoms with Crippen LogP contribution in [0.15, 0.2) is 52.6 Å². The maximum absolute atomic E-state index is 12.7. The number of hydrogen-bond acceptors (Lipinski definition) is 8. The van der Waals surface area contributed by atoms with Crippen molar-refractivity contribution in [3.05, 3.63) is 52.6 Å². The molecule has 2 atom stereocenters. The van der Waals surface area contributed by atoms with Crippen LogP contribution in [0, 0.1) is 0 Å². The lowest BCUT2D eigenvalue weighted by Crippen LogP contribution is -2.49. The van der Waals surface area contributed by atoms with E-state index >= 15 is 0 Å². The molecule has 2 unspecified atom stereocenters. The highest BCUT2D eigenvalue weighted by atomic mass is 35.5. The molecule has 1 aliphatic rings. The molecule has 3 rings (SSSR count). The van der Waals surface area contributed by atoms with Gasteiger partial charge in [0.25, 0.3) is 5.91 Å². The molecule has 0 saturated heterocycles. The number of benzene rings is 1. The summed E-state index contributed by atoms with van der Waals surface area (Å²) < 4.78 is 27.3. The lowest BCUT2D eigenvalue weighted by molar-refractivity contribution is -0.138. The van der Waals surface area contributed by atoms with E-state index in [2.05, 4.69) is 20.8 Å². The number of pyridine rings is 1. The van der Waals surface area contributed by atoms with Crippen molar-refractivity contribution >= 4 is 56.6 Å². The summed E-state index contributed by atoms with van der Waals surface area (Å²) in [6.07, 6.45) is 4.09. The molecule has 0 radical (unpaired) electrons. The van der Waals surface area contributed by atoms with E-state index in [0.717, 1.165) is 25.2 Å². The van der Waals surface area contributed by atoms with Crippen LogP contribution in [-0.4, -0.2) is 61.3 Å². The van der Waals surface area contributed by atoms with Crippen LogP contribution in [0.5, 0.6) is 0 Å². The lowest BCUT2D eigenvalue weighted by atomic mass is 10.1. The third kappa shape index (κ3) is 7.79. The van der Waals surface area contributed by atoms with Crippen molar-refractivity contribution < 1.29 is 28.0 Å². The SMILES string of the molecule is O=C(NCC(NS(=O)(=O)c1c(Cl)cccc1Cl)C(=O)O)C1=NOC(CCCCNc2ccccn2)C1. The molecule has 4 N–H and O–H groups in total. The fourth-order valence-electron chi connectivity index (χ4n) is 3.36. The Balaban J connectivity index is 1.43. The average Bonchev–Trinajstić information content (AvgIpc) is 3.30. The monoisotopic (exact) mass is 557 g/mol. The van der Waals surface area contributed by atoms with Gasteiger partial charge >= 0.3 is 5.97 Å². The van der Waals surface area contributed by atoms with E-state index in [0.29, 0.717) is 6.42 Å². The molecule has 1 aliphatic heterocycles. The number of carbonyl (C=O) groups is 2. The highest BCUT2D eigenvalue weighted by Crippen LogP contribution is 2.29. The fraction of sp³-hybridized carbons (Fsp3) is 0.364. The van der Waals surface area contributed by atoms with Gasteiger partial charge in [-0.3, -0.25) is 9.59 Å². The molecule has 0 spiro atoms. The number of carboxylic acid groups (broad SMARTS) is 1. The van der Waals surface area contributed by atoms with Gasteiger partial charge in [-0.25, -0.2) is 13.4 Å². The average molecular weight is 558 g/mol. The number of unbranched alkanes of at least 4 members (excludes halogenated alkanes) is 1. The van der Waals surface area contributed by atoms with Gasteiger partial charge in [0.1, 0.15) is 28.6 Å². The first kappa shape index (κ1) is 27.7. The number of amides is 1. The predicted octanol–water partition coefficient (Wildman–Crippen LogP) is 2.66. The molecule has 2 aromatic rings. The van der Waals surface area contributed by atoms with E-state index < -0.39 is 39.4 Å². The second-order valence-electron chi connectivity index (χ2n) is 7.88. The number of nitrogens with zero attached hydrogens (tertiary/aromatic N) is 2. The number of halogens is 2. The van der Waals surface area contributed by atoms with Crippen LogP contribution in [0.25, 0.3) is 0 Å². The van der Waals surface area contributed by atoms with Gasteiger partial charge < -0.3 is 20.6 Å². The largest absolute Gasteiger partial charge is 0.480 e. The topological polar surface area (TPSA) is 159 Å². The summed E-state index contributed by atoms with van der Waals surface area (Å²) in [5.41, 5.74) is 0.104. The van der Waals surface area contributed by atoms with Crippen molar-refractivity contribution in [1.82, 2.24) is 15.0 Å². The third-order valence-electron chi connectivity index (χ3n) is 5.17. The van der Waals surface area contributed by atoms with Crippen molar-refractivity contribution in [3.8, 4) is 0 Å². The molecule has 0 fully saturated rings. The van der Waals surface area contributed by atoms with Crippen molar-refractivity contribution in [2.24, 2.45) is 5.16 Å². The molecule has 0 saturated carbocycles. The summed E-state index contributed by atoms with van der Waals surface area (Å²) in [6.45, 7) is 0.210. The Morgan fingerprint density at radius 3 is 2.56 bits per heavy atom. The normalized spacial score (nSPS) is 16.1. The van der Waals surface area contributed by atoms with Crippen molar-refractivity contribution in [1.29, 1.82) is 0 Å². The molecule has 11 nitrogen and oxygen atoms in total. The van der Waals surface area contributed by atoms with Gasteiger partial charge in [-0.2, -0.15) is 4.72 Å². The minimum Gasteiger partial charge on any atom is -0.480 e. The van der Waals surface area contributed by atoms with E-state index in [9.17, 15) is 23.1 Å². The maximum atomic E-state index is 12.7. The number of aromatic nitrogens is 1. The quantitative estimate of drug-likeness (QED) is 0.273. The van der Waals surface area contributed by atoms with Crippen LogP contribution in [0.1, 0.15) is 25.7 Å². The molecule has 0 bridgehead atoms. The van der Waals surface area contributed by atoms with Gasteiger partial charge in [-0.1, -0.05) is 40.5 Å². The Kier molecular flexibility index (Phi) is 9.88. The van der Waals surface area contributed by atoms with E-state index in [-0.39, 0.29) is 28.3 Å². The highest BCUT2D eigenvalue weighted by molar-refractivity contribution is 7.89. The molecular formula is C22H25Cl2N5O6S. The highest BCUT2D eigenvalue weighted by Gasteiger charge is 2.31. The smallest absolute Gasteiger partial charge is 0.323 e. The van der Waals surface area contributed by atoms with E-state index in [4.69, 9.17) is 28.0 Å². The zero-order valence-electron chi connectivity index (χ0n) is 19.0. The number of rotatable bonds is 13. The number of carboxylic acids is 1. The predicted molar refractivity (Wildman–Crippen MR) is 135 cm³/mol. The Bertz CT molecular complexity index is 1190. The number of carbonyl (C=O) groups excluding carboxylic acids is 1. The molecular weight excluding hydrogens is 533 g/mol. The van der Waals surface area contributed by atoms with Crippen LogP contribution in [0.3, 0.4) is 0 Å². The molecule has 36 heavy (non-hydrogen) atoms. The van der Waals surface area contributed by atoms with E-state index in [1.54, 1.807) is 6.20 Å². The van der Waals surface area contributed by atoms with Crippen molar-refractivity contribution in [3.63, 3.8) is 0 Å². The van der Waals surface area contributed by atoms with Gasteiger partial charge in [-0.05, 0) is 43.5 Å². The second-order valence-corrected chi connectivity index (χ2v) is 10.3. The number of aliphatic carboxylic acids is 1. The molecule has 2 heterocycles. The van der Waals surface area contributed by atoms with Crippen LogP contribution >= 0.6 is 23.2 Å². The third-order valence-corrected chi connectivity index (χ3v) is 7.60. The zero-order valence-corrected chi connectivity index (χ0v) is 21.3. The van der Waals surface area contributed by atoms with Gasteiger partial charge in [0.2, 0.25) is 10.0 Å². The molecule has 194 valence electrons. The van der Waals surface area contributed by atoms with Gasteiger partial charge in [0.15, 0.2) is 0 Å². The Morgan fingerprint density at radius 1 is 1.14 bits per heavy atom. The summed E-state index contributed by atoms with van der Waals surface area (Å²) in [5, 5.41) is 18.5. The molecule has 14 heteroatoms. The second kappa shape index (κ2) is 12.9. The van der Waals surface area contributed by atoms with Crippen molar-refractivity contribution in [2.45, 2.75) is 42.7 Å². The molecule has 0 aliphatic carbocycles. The number of sulfonamides is 1. The summed E-state index contributed by atoms with van der Waals surface area (Å²) in [7, 11) is -4.38. The van der Waals surface area contributed by atoms with Gasteiger partial charge in [-0.15, -0.1) is 0 Å². The minimum atomic E-state index is -4.38. The number of anilines is 1. The summed E-state index contributed by atoms with van der Waals surface area (Å²) in [4.78, 5) is 33.1. The molecule has 1 aromatic heterocycles. The zero-order chi connectivity index (χ0) is 26.1. The first-order valence-electron chi connectivity index (χ1n) is 11.0. The number of hydrogen-bond donors (Lipinski definition) is 4. The van der Waals surface area contributed by atoms with E-state index in [1.807, 2.05) is 22.9 Å². The van der Waals surface area contributed by atoms with E-state index in [1.165, 1.54) is 18.2 Å². The van der Waals surface area contributed by atoms with Crippen LogP contribution < -0.4 is 15.4 Å². The standard InChI is InChI=1S/C22H25Cl2N5O6S/c23-15-7-5-8-16(24)20(15)36(33,34)29-18(22(31)32)13-27-21(30)17-12-14(35-28-17)6-1-3-10-25-19-9-2-4-11-26-19/h2,4-5,7-9,11,14,18,29H,1,3,6,10,12-13H2,(H,25,26)(H,27,30)(H,31,32). The lowest BCUT2D eigenvalue weighted by Gasteiger charge is -2.16. The summed E-state index contributed by atoms with van der Waals surface area (Å²) in [6, 6.07) is 8.02. The summed E-state index contributed by atoms with van der Waals surface area (Å²) >= 11 is 11.9. The fourth-order valence-corrected chi connectivity index (χ4v) is 5.69. The Hall–Kier alpha value is -2.93. The summed E-state index contributed by atoms with van der Waals surface area (Å²) in [5.74, 6) is -1.34. The van der Waals surface area contributed by atoms with Gasteiger partial charge in [0.05, 0.1) is 10.0 Å². The van der Waals surface area contributed by atoms with Crippen molar-refractivity contribution in [2.75, 3.05) is 18.4 Å².